The molecule has 1 heterocycles. The second-order valence-electron chi connectivity index (χ2n) is 6.54. The highest BCUT2D eigenvalue weighted by Gasteiger charge is 2.26. The number of hydrogen-bond acceptors (Lipinski definition) is 5. The van der Waals surface area contributed by atoms with Crippen LogP contribution in [0.15, 0.2) is 64.9 Å². The number of benzene rings is 2. The Labute approximate surface area is 177 Å². The monoisotopic (exact) mass is 451 g/mol. The maximum atomic E-state index is 12.6. The summed E-state index contributed by atoms with van der Waals surface area (Å²) in [6, 6.07) is 10.7. The van der Waals surface area contributed by atoms with Gasteiger partial charge >= 0.3 is 5.76 Å². The lowest BCUT2D eigenvalue weighted by Gasteiger charge is -2.11. The van der Waals surface area contributed by atoms with Crippen LogP contribution in [0.3, 0.4) is 0 Å². The number of nitrogens with zero attached hydrogens (tertiary/aromatic N) is 2. The Kier molecular flexibility index (Phi) is 6.57. The summed E-state index contributed by atoms with van der Waals surface area (Å²) in [5.74, 6) is -3.76. The van der Waals surface area contributed by atoms with Crippen molar-refractivity contribution in [3.8, 4) is 5.69 Å². The first-order valence-corrected chi connectivity index (χ1v) is 11.4. The number of amides is 1. The molecule has 10 heteroatoms. The van der Waals surface area contributed by atoms with Gasteiger partial charge in [-0.3, -0.25) is 9.36 Å². The molecule has 3 aromatic rings. The molecular formula is C20H19F2N3O3S2. The Hall–Kier alpha value is -2.72. The molecule has 0 aliphatic rings. The standard InChI is InChI=1S/C20H19F2N3O3S2/c1-13-3-4-14(2)17(11-13)25-10-9-23-20(25)29-12-18(26)24-15-5-7-16(8-6-15)30(27,28)19(21)22/h3-11,19H,12H2,1-2H3,(H,24,26). The molecule has 6 nitrogen and oxygen atoms in total. The quantitative estimate of drug-likeness (QED) is 0.544. The summed E-state index contributed by atoms with van der Waals surface area (Å²) in [7, 11) is -4.66. The molecule has 0 fully saturated rings. The minimum Gasteiger partial charge on any atom is -0.325 e. The van der Waals surface area contributed by atoms with Gasteiger partial charge in [-0.15, -0.1) is 0 Å². The van der Waals surface area contributed by atoms with Crippen LogP contribution in [-0.2, 0) is 14.6 Å². The fourth-order valence-electron chi connectivity index (χ4n) is 2.72. The van der Waals surface area contributed by atoms with E-state index in [0.29, 0.717) is 10.8 Å². The lowest BCUT2D eigenvalue weighted by Crippen LogP contribution is -2.15. The molecule has 0 atom stereocenters. The molecule has 0 saturated carbocycles. The van der Waals surface area contributed by atoms with Crippen LogP contribution in [-0.4, -0.2) is 35.4 Å². The van der Waals surface area contributed by atoms with Gasteiger partial charge in [-0.2, -0.15) is 8.78 Å². The normalized spacial score (nSPS) is 11.6. The first-order valence-electron chi connectivity index (χ1n) is 8.84. The SMILES string of the molecule is Cc1ccc(C)c(-n2ccnc2SCC(=O)Nc2ccc(S(=O)(=O)C(F)F)cc2)c1. The van der Waals surface area contributed by atoms with Crippen LogP contribution in [0, 0.1) is 13.8 Å². The number of imidazole rings is 1. The number of rotatable bonds is 7. The largest absolute Gasteiger partial charge is 0.341 e. The number of hydrogen-bond donors (Lipinski definition) is 1. The average molecular weight is 452 g/mol. The zero-order valence-electron chi connectivity index (χ0n) is 16.2. The molecule has 0 unspecified atom stereocenters. The lowest BCUT2D eigenvalue weighted by atomic mass is 10.1. The zero-order valence-corrected chi connectivity index (χ0v) is 17.8. The van der Waals surface area contributed by atoms with Crippen molar-refractivity contribution in [2.75, 3.05) is 11.1 Å². The molecular weight excluding hydrogens is 432 g/mol. The number of halogens is 2. The van der Waals surface area contributed by atoms with Gasteiger partial charge in [-0.1, -0.05) is 23.9 Å². The maximum Gasteiger partial charge on any atom is 0.341 e. The molecule has 30 heavy (non-hydrogen) atoms. The second-order valence-corrected chi connectivity index (χ2v) is 9.40. The van der Waals surface area contributed by atoms with Crippen molar-refractivity contribution in [1.82, 2.24) is 9.55 Å². The van der Waals surface area contributed by atoms with Gasteiger partial charge in [0.25, 0.3) is 0 Å². The van der Waals surface area contributed by atoms with Gasteiger partial charge in [0.15, 0.2) is 5.16 Å². The number of alkyl halides is 2. The third-order valence-corrected chi connectivity index (χ3v) is 6.63. The summed E-state index contributed by atoms with van der Waals surface area (Å²) in [6.07, 6.45) is 3.48. The van der Waals surface area contributed by atoms with E-state index in [1.54, 1.807) is 6.20 Å². The molecule has 0 aliphatic carbocycles. The first-order chi connectivity index (χ1) is 14.2. The summed E-state index contributed by atoms with van der Waals surface area (Å²) in [5, 5.41) is 3.26. The molecule has 3 rings (SSSR count). The van der Waals surface area contributed by atoms with Crippen LogP contribution in [0.4, 0.5) is 14.5 Å². The van der Waals surface area contributed by atoms with Gasteiger partial charge in [0.2, 0.25) is 15.7 Å². The lowest BCUT2D eigenvalue weighted by molar-refractivity contribution is -0.113. The number of carbonyl (C=O) groups is 1. The summed E-state index contributed by atoms with van der Waals surface area (Å²) in [5.41, 5.74) is 3.47. The van der Waals surface area contributed by atoms with E-state index in [1.807, 2.05) is 42.8 Å². The van der Waals surface area contributed by atoms with Crippen molar-refractivity contribution in [1.29, 1.82) is 0 Å². The minimum atomic E-state index is -4.66. The van der Waals surface area contributed by atoms with Crippen molar-refractivity contribution >= 4 is 33.2 Å². The van der Waals surface area contributed by atoms with E-state index in [9.17, 15) is 22.0 Å². The van der Waals surface area contributed by atoms with E-state index in [1.165, 1.54) is 23.9 Å². The van der Waals surface area contributed by atoms with Crippen LogP contribution in [0.2, 0.25) is 0 Å². The molecule has 0 radical (unpaired) electrons. The maximum absolute atomic E-state index is 12.6. The number of anilines is 1. The predicted molar refractivity (Wildman–Crippen MR) is 112 cm³/mol. The van der Waals surface area contributed by atoms with Gasteiger partial charge in [0.05, 0.1) is 16.3 Å². The molecule has 1 N–H and O–H groups in total. The smallest absolute Gasteiger partial charge is 0.325 e. The van der Waals surface area contributed by atoms with Crippen LogP contribution >= 0.6 is 11.8 Å². The Morgan fingerprint density at radius 1 is 1.17 bits per heavy atom. The average Bonchev–Trinajstić information content (AvgIpc) is 3.17. The number of aromatic nitrogens is 2. The molecule has 0 aliphatic heterocycles. The Morgan fingerprint density at radius 3 is 2.53 bits per heavy atom. The van der Waals surface area contributed by atoms with E-state index in [0.717, 1.165) is 28.9 Å². The summed E-state index contributed by atoms with van der Waals surface area (Å²) in [4.78, 5) is 16.1. The van der Waals surface area contributed by atoms with E-state index in [-0.39, 0.29) is 11.7 Å². The van der Waals surface area contributed by atoms with E-state index >= 15 is 0 Å². The van der Waals surface area contributed by atoms with E-state index in [2.05, 4.69) is 10.3 Å². The van der Waals surface area contributed by atoms with Crippen LogP contribution in [0.25, 0.3) is 5.69 Å². The second kappa shape index (κ2) is 8.97. The van der Waals surface area contributed by atoms with Gasteiger partial charge in [-0.05, 0) is 55.3 Å². The Balaban J connectivity index is 1.65. The number of thioether (sulfide) groups is 1. The molecule has 0 bridgehead atoms. The minimum absolute atomic E-state index is 0.0684. The Morgan fingerprint density at radius 2 is 1.87 bits per heavy atom. The highest BCUT2D eigenvalue weighted by Crippen LogP contribution is 2.24. The number of aryl methyl sites for hydroxylation is 2. The van der Waals surface area contributed by atoms with Crippen molar-refractivity contribution in [3.05, 3.63) is 66.0 Å². The van der Waals surface area contributed by atoms with Crippen LogP contribution < -0.4 is 5.32 Å². The molecule has 2 aromatic carbocycles. The number of nitrogens with one attached hydrogen (secondary N) is 1. The Bertz CT molecular complexity index is 1160. The summed E-state index contributed by atoms with van der Waals surface area (Å²) >= 11 is 1.25. The van der Waals surface area contributed by atoms with Crippen molar-refractivity contribution in [2.45, 2.75) is 29.7 Å². The first kappa shape index (κ1) is 22.0. The van der Waals surface area contributed by atoms with Gasteiger partial charge in [0, 0.05) is 18.1 Å². The van der Waals surface area contributed by atoms with Crippen LogP contribution in [0.5, 0.6) is 0 Å². The highest BCUT2D eigenvalue weighted by atomic mass is 32.2. The van der Waals surface area contributed by atoms with Gasteiger partial charge in [0.1, 0.15) is 0 Å². The highest BCUT2D eigenvalue weighted by molar-refractivity contribution is 7.99. The van der Waals surface area contributed by atoms with E-state index < -0.39 is 20.5 Å². The fourth-order valence-corrected chi connectivity index (χ4v) is 4.20. The van der Waals surface area contributed by atoms with Gasteiger partial charge in [-0.25, -0.2) is 13.4 Å². The zero-order chi connectivity index (χ0) is 21.9. The van der Waals surface area contributed by atoms with Crippen molar-refractivity contribution < 1.29 is 22.0 Å². The van der Waals surface area contributed by atoms with Crippen molar-refractivity contribution in [2.24, 2.45) is 0 Å². The molecule has 158 valence electrons. The van der Waals surface area contributed by atoms with Gasteiger partial charge < -0.3 is 5.32 Å². The topological polar surface area (TPSA) is 81.1 Å². The summed E-state index contributed by atoms with van der Waals surface area (Å²) in [6.45, 7) is 3.99. The fraction of sp³-hybridized carbons (Fsp3) is 0.200. The van der Waals surface area contributed by atoms with Crippen LogP contribution in [0.1, 0.15) is 11.1 Å². The third-order valence-electron chi connectivity index (χ3n) is 4.26. The third kappa shape index (κ3) is 4.88. The number of sulfone groups is 1. The molecule has 0 spiro atoms. The number of carbonyl (C=O) groups excluding carboxylic acids is 1. The van der Waals surface area contributed by atoms with Crippen molar-refractivity contribution in [3.63, 3.8) is 0 Å². The molecule has 0 saturated heterocycles. The predicted octanol–water partition coefficient (Wildman–Crippen LogP) is 4.22. The van der Waals surface area contributed by atoms with E-state index in [4.69, 9.17) is 0 Å². The summed E-state index contributed by atoms with van der Waals surface area (Å²) < 4.78 is 49.9. The molecule has 1 aromatic heterocycles. The molecule has 1 amide bonds.